The van der Waals surface area contributed by atoms with Crippen molar-refractivity contribution >= 4 is 6.09 Å². The quantitative estimate of drug-likeness (QED) is 0.869. The zero-order valence-electron chi connectivity index (χ0n) is 15.7. The monoisotopic (exact) mass is 355 g/mol. The lowest BCUT2D eigenvalue weighted by Gasteiger charge is -2.38. The van der Waals surface area contributed by atoms with Crippen LogP contribution in [0.1, 0.15) is 38.0 Å². The Kier molecular flexibility index (Phi) is 4.81. The van der Waals surface area contributed by atoms with Crippen LogP contribution in [0.25, 0.3) is 11.1 Å². The lowest BCUT2D eigenvalue weighted by molar-refractivity contribution is -0.0176. The van der Waals surface area contributed by atoms with Crippen LogP contribution >= 0.6 is 0 Å². The molecule has 1 amide bonds. The van der Waals surface area contributed by atoms with E-state index in [2.05, 4.69) is 6.92 Å². The van der Waals surface area contributed by atoms with Gasteiger partial charge in [0.05, 0.1) is 13.2 Å². The first-order valence-electron chi connectivity index (χ1n) is 8.78. The number of rotatable bonds is 4. The van der Waals surface area contributed by atoms with E-state index in [9.17, 15) is 4.79 Å². The van der Waals surface area contributed by atoms with Crippen molar-refractivity contribution in [3.63, 3.8) is 0 Å². The summed E-state index contributed by atoms with van der Waals surface area (Å²) in [5.74, 6) is 1.58. The summed E-state index contributed by atoms with van der Waals surface area (Å²) in [4.78, 5) is 11.3. The summed E-state index contributed by atoms with van der Waals surface area (Å²) in [5.41, 5.74) is 9.03. The molecule has 0 saturated carbocycles. The average molecular weight is 355 g/mol. The maximum absolute atomic E-state index is 11.3. The summed E-state index contributed by atoms with van der Waals surface area (Å²) >= 11 is 0. The van der Waals surface area contributed by atoms with Gasteiger partial charge in [0.15, 0.2) is 0 Å². The lowest BCUT2D eigenvalue weighted by atomic mass is 9.80. The van der Waals surface area contributed by atoms with Crippen LogP contribution in [0, 0.1) is 12.3 Å². The maximum Gasteiger partial charge on any atom is 0.405 e. The highest BCUT2D eigenvalue weighted by Crippen LogP contribution is 2.46. The average Bonchev–Trinajstić information content (AvgIpc) is 2.57. The fraction of sp³-hybridized carbons (Fsp3) is 0.381. The molecule has 0 aliphatic carbocycles. The predicted octanol–water partition coefficient (Wildman–Crippen LogP) is 4.62. The number of amides is 1. The van der Waals surface area contributed by atoms with Crippen LogP contribution < -0.4 is 15.2 Å². The molecule has 0 aromatic heterocycles. The van der Waals surface area contributed by atoms with Crippen LogP contribution in [0.5, 0.6) is 11.5 Å². The van der Waals surface area contributed by atoms with Gasteiger partial charge in [0.25, 0.3) is 0 Å². The number of aryl methyl sites for hydroxylation is 1. The zero-order valence-corrected chi connectivity index (χ0v) is 15.7. The van der Waals surface area contributed by atoms with Gasteiger partial charge in [0.2, 0.25) is 0 Å². The van der Waals surface area contributed by atoms with E-state index in [1.165, 1.54) is 0 Å². The Bertz CT molecular complexity index is 829. The Morgan fingerprint density at radius 1 is 1.27 bits per heavy atom. The largest absolute Gasteiger partial charge is 0.494 e. The third-order valence-corrected chi connectivity index (χ3v) is 4.66. The van der Waals surface area contributed by atoms with E-state index in [-0.39, 0.29) is 5.41 Å². The molecule has 1 aliphatic heterocycles. The second-order valence-corrected chi connectivity index (χ2v) is 7.26. The Hall–Kier alpha value is -2.69. The van der Waals surface area contributed by atoms with E-state index < -0.39 is 12.2 Å². The van der Waals surface area contributed by atoms with Crippen molar-refractivity contribution in [3.05, 3.63) is 47.5 Å². The van der Waals surface area contributed by atoms with Gasteiger partial charge in [-0.3, -0.25) is 0 Å². The normalized spacial score (nSPS) is 17.8. The van der Waals surface area contributed by atoms with E-state index in [1.54, 1.807) is 0 Å². The number of hydrogen-bond acceptors (Lipinski definition) is 4. The molecule has 1 atom stereocenters. The molecule has 3 rings (SSSR count). The lowest BCUT2D eigenvalue weighted by Crippen LogP contribution is -2.37. The van der Waals surface area contributed by atoms with Crippen molar-refractivity contribution < 1.29 is 19.0 Å². The summed E-state index contributed by atoms with van der Waals surface area (Å²) in [7, 11) is 0. The summed E-state index contributed by atoms with van der Waals surface area (Å²) < 4.78 is 16.9. The number of hydrogen-bond donors (Lipinski definition) is 1. The predicted molar refractivity (Wildman–Crippen MR) is 100 cm³/mol. The fourth-order valence-electron chi connectivity index (χ4n) is 3.36. The second kappa shape index (κ2) is 6.90. The summed E-state index contributed by atoms with van der Waals surface area (Å²) in [6.07, 6.45) is -1.21. The number of fused-ring (bicyclic) bond motifs is 1. The molecule has 138 valence electrons. The van der Waals surface area contributed by atoms with E-state index >= 15 is 0 Å². The zero-order chi connectivity index (χ0) is 18.9. The number of nitrogens with two attached hydrogens (primary N) is 1. The molecule has 0 spiro atoms. The molecular weight excluding hydrogens is 330 g/mol. The van der Waals surface area contributed by atoms with Crippen LogP contribution in [-0.2, 0) is 4.74 Å². The van der Waals surface area contributed by atoms with Gasteiger partial charge in [-0.25, -0.2) is 4.79 Å². The van der Waals surface area contributed by atoms with Crippen LogP contribution in [0.2, 0.25) is 0 Å². The van der Waals surface area contributed by atoms with Crippen molar-refractivity contribution in [2.24, 2.45) is 11.1 Å². The van der Waals surface area contributed by atoms with E-state index in [0.717, 1.165) is 33.8 Å². The van der Waals surface area contributed by atoms with Gasteiger partial charge in [-0.15, -0.1) is 0 Å². The Labute approximate surface area is 154 Å². The van der Waals surface area contributed by atoms with Gasteiger partial charge in [0, 0.05) is 11.0 Å². The first-order chi connectivity index (χ1) is 12.3. The fourth-order valence-corrected chi connectivity index (χ4v) is 3.36. The summed E-state index contributed by atoms with van der Waals surface area (Å²) in [6, 6.07) is 12.0. The van der Waals surface area contributed by atoms with Crippen molar-refractivity contribution in [2.75, 3.05) is 13.2 Å². The first-order valence-corrected chi connectivity index (χ1v) is 8.78. The van der Waals surface area contributed by atoms with Gasteiger partial charge < -0.3 is 19.9 Å². The standard InChI is InChI=1S/C21H25NO4/c1-5-24-15-7-9-16(13(2)10-15)14-6-8-17-18(11-14)25-12-21(3,4)19(17)26-20(22)23/h6-11,19H,5,12H2,1-4H3,(H2,22,23). The smallest absolute Gasteiger partial charge is 0.405 e. The van der Waals surface area contributed by atoms with Crippen molar-refractivity contribution in [3.8, 4) is 22.6 Å². The third kappa shape index (κ3) is 3.47. The van der Waals surface area contributed by atoms with Crippen LogP contribution in [0.3, 0.4) is 0 Å². The minimum Gasteiger partial charge on any atom is -0.494 e. The molecule has 0 saturated heterocycles. The molecule has 0 radical (unpaired) electrons. The van der Waals surface area contributed by atoms with Gasteiger partial charge >= 0.3 is 6.09 Å². The number of primary amides is 1. The molecular formula is C21H25NO4. The minimum atomic E-state index is -0.776. The van der Waals surface area contributed by atoms with Gasteiger partial charge in [0.1, 0.15) is 17.6 Å². The Morgan fingerprint density at radius 3 is 2.69 bits per heavy atom. The molecule has 1 aliphatic rings. The SMILES string of the molecule is CCOc1ccc(-c2ccc3c(c2)OCC(C)(C)C3OC(N)=O)c(C)c1. The summed E-state index contributed by atoms with van der Waals surface area (Å²) in [5, 5.41) is 0. The molecule has 26 heavy (non-hydrogen) atoms. The van der Waals surface area contributed by atoms with Gasteiger partial charge in [-0.1, -0.05) is 32.0 Å². The second-order valence-electron chi connectivity index (χ2n) is 7.26. The number of benzene rings is 2. The van der Waals surface area contributed by atoms with E-state index in [0.29, 0.717) is 13.2 Å². The molecule has 0 bridgehead atoms. The third-order valence-electron chi connectivity index (χ3n) is 4.66. The highest BCUT2D eigenvalue weighted by Gasteiger charge is 2.40. The van der Waals surface area contributed by atoms with Crippen LogP contribution in [0.4, 0.5) is 4.79 Å². The first kappa shape index (κ1) is 18.1. The van der Waals surface area contributed by atoms with Crippen LogP contribution in [-0.4, -0.2) is 19.3 Å². The molecule has 2 aromatic rings. The maximum atomic E-state index is 11.3. The number of ether oxygens (including phenoxy) is 3. The molecule has 2 aromatic carbocycles. The minimum absolute atomic E-state index is 0.349. The molecule has 5 nitrogen and oxygen atoms in total. The molecule has 1 unspecified atom stereocenters. The highest BCUT2D eigenvalue weighted by atomic mass is 16.6. The van der Waals surface area contributed by atoms with Crippen molar-refractivity contribution in [2.45, 2.75) is 33.8 Å². The van der Waals surface area contributed by atoms with Gasteiger partial charge in [-0.2, -0.15) is 0 Å². The van der Waals surface area contributed by atoms with Crippen molar-refractivity contribution in [1.29, 1.82) is 0 Å². The molecule has 2 N–H and O–H groups in total. The Balaban J connectivity index is 1.98. The van der Waals surface area contributed by atoms with Crippen molar-refractivity contribution in [1.82, 2.24) is 0 Å². The molecule has 5 heteroatoms. The van der Waals surface area contributed by atoms with E-state index in [1.807, 2.05) is 57.2 Å². The number of carbonyl (C=O) groups excluding carboxylic acids is 1. The van der Waals surface area contributed by atoms with E-state index in [4.69, 9.17) is 19.9 Å². The highest BCUT2D eigenvalue weighted by molar-refractivity contribution is 5.71. The van der Waals surface area contributed by atoms with Crippen LogP contribution in [0.15, 0.2) is 36.4 Å². The molecule has 0 fully saturated rings. The molecule has 1 heterocycles. The Morgan fingerprint density at radius 2 is 2.04 bits per heavy atom. The summed E-state index contributed by atoms with van der Waals surface area (Å²) in [6.45, 7) is 9.10. The topological polar surface area (TPSA) is 70.8 Å². The van der Waals surface area contributed by atoms with Gasteiger partial charge in [-0.05, 0) is 48.7 Å². The number of carbonyl (C=O) groups is 1.